The predicted octanol–water partition coefficient (Wildman–Crippen LogP) is 4.62. The van der Waals surface area contributed by atoms with Gasteiger partial charge in [0.25, 0.3) is 0 Å². The van der Waals surface area contributed by atoms with Crippen LogP contribution in [-0.2, 0) is 0 Å². The normalized spacial score (nSPS) is 28.9. The Morgan fingerprint density at radius 3 is 2.41 bits per heavy atom. The molecule has 0 aromatic carbocycles. The summed E-state index contributed by atoms with van der Waals surface area (Å²) in [7, 11) is 0. The zero-order chi connectivity index (χ0) is 12.7. The van der Waals surface area contributed by atoms with Crippen molar-refractivity contribution in [1.29, 1.82) is 0 Å². The molecule has 0 bridgehead atoms. The molecule has 1 saturated carbocycles. The molecule has 4 atom stereocenters. The van der Waals surface area contributed by atoms with E-state index in [9.17, 15) is 0 Å². The molecular formula is C16H33N. The highest BCUT2D eigenvalue weighted by Crippen LogP contribution is 2.29. The Bertz CT molecular complexity index is 190. The van der Waals surface area contributed by atoms with Crippen LogP contribution in [0.2, 0.25) is 0 Å². The molecule has 17 heavy (non-hydrogen) atoms. The third-order valence-electron chi connectivity index (χ3n) is 4.83. The molecule has 1 nitrogen and oxygen atoms in total. The Hall–Kier alpha value is -0.0400. The highest BCUT2D eigenvalue weighted by molar-refractivity contribution is 4.77. The minimum Gasteiger partial charge on any atom is -0.314 e. The third-order valence-corrected chi connectivity index (χ3v) is 4.83. The van der Waals surface area contributed by atoms with E-state index in [4.69, 9.17) is 0 Å². The molecule has 0 aromatic rings. The maximum Gasteiger partial charge on any atom is 0.00670 e. The minimum absolute atomic E-state index is 0.749. The van der Waals surface area contributed by atoms with Gasteiger partial charge < -0.3 is 5.32 Å². The molecule has 0 saturated heterocycles. The van der Waals surface area contributed by atoms with E-state index in [1.54, 1.807) is 0 Å². The molecule has 1 aliphatic rings. The van der Waals surface area contributed by atoms with Crippen molar-refractivity contribution in [3.63, 3.8) is 0 Å². The highest BCUT2D eigenvalue weighted by atomic mass is 14.9. The zero-order valence-corrected chi connectivity index (χ0v) is 12.5. The number of hydrogen-bond acceptors (Lipinski definition) is 1. The van der Waals surface area contributed by atoms with E-state index in [1.165, 1.54) is 51.5 Å². The van der Waals surface area contributed by atoms with Crippen LogP contribution in [0, 0.1) is 17.8 Å². The maximum absolute atomic E-state index is 3.83. The van der Waals surface area contributed by atoms with Crippen LogP contribution < -0.4 is 5.32 Å². The van der Waals surface area contributed by atoms with E-state index in [0.29, 0.717) is 0 Å². The first kappa shape index (κ1) is 15.0. The van der Waals surface area contributed by atoms with E-state index in [-0.39, 0.29) is 0 Å². The molecule has 102 valence electrons. The topological polar surface area (TPSA) is 12.0 Å². The number of rotatable bonds is 7. The second-order valence-corrected chi connectivity index (χ2v) is 6.28. The highest BCUT2D eigenvalue weighted by Gasteiger charge is 2.21. The average Bonchev–Trinajstić information content (AvgIpc) is 2.35. The molecule has 1 N–H and O–H groups in total. The summed E-state index contributed by atoms with van der Waals surface area (Å²) in [5.74, 6) is 2.75. The van der Waals surface area contributed by atoms with Gasteiger partial charge in [-0.1, -0.05) is 53.4 Å². The van der Waals surface area contributed by atoms with Crippen LogP contribution in [0.25, 0.3) is 0 Å². The molecule has 1 rings (SSSR count). The summed E-state index contributed by atoms with van der Waals surface area (Å²) in [5, 5.41) is 3.83. The van der Waals surface area contributed by atoms with Gasteiger partial charge in [0.05, 0.1) is 0 Å². The molecule has 0 aliphatic heterocycles. The smallest absolute Gasteiger partial charge is 0.00670 e. The van der Waals surface area contributed by atoms with Crippen molar-refractivity contribution in [3.8, 4) is 0 Å². The second kappa shape index (κ2) is 8.13. The first-order valence-corrected chi connectivity index (χ1v) is 7.90. The molecule has 0 spiro atoms. The standard InChI is InChI=1S/C16H33N/c1-5-13(3)11-16(6-2)17-12-15-10-8-7-9-14(15)4/h13-17H,5-12H2,1-4H3. The lowest BCUT2D eigenvalue weighted by Crippen LogP contribution is -2.37. The van der Waals surface area contributed by atoms with Gasteiger partial charge in [-0.3, -0.25) is 0 Å². The fourth-order valence-corrected chi connectivity index (χ4v) is 3.06. The average molecular weight is 239 g/mol. The van der Waals surface area contributed by atoms with Gasteiger partial charge in [-0.2, -0.15) is 0 Å². The Morgan fingerprint density at radius 2 is 1.82 bits per heavy atom. The van der Waals surface area contributed by atoms with Crippen molar-refractivity contribution < 1.29 is 0 Å². The Morgan fingerprint density at radius 1 is 1.12 bits per heavy atom. The SMILES string of the molecule is CCC(C)CC(CC)NCC1CCCCC1C. The first-order valence-electron chi connectivity index (χ1n) is 7.90. The third kappa shape index (κ3) is 5.42. The molecule has 0 aromatic heterocycles. The van der Waals surface area contributed by atoms with Gasteiger partial charge >= 0.3 is 0 Å². The summed E-state index contributed by atoms with van der Waals surface area (Å²) in [6.45, 7) is 10.7. The summed E-state index contributed by atoms with van der Waals surface area (Å²) in [4.78, 5) is 0. The van der Waals surface area contributed by atoms with Crippen molar-refractivity contribution >= 4 is 0 Å². The minimum atomic E-state index is 0.749. The van der Waals surface area contributed by atoms with E-state index < -0.39 is 0 Å². The van der Waals surface area contributed by atoms with Crippen molar-refractivity contribution in [2.24, 2.45) is 17.8 Å². The van der Waals surface area contributed by atoms with Gasteiger partial charge in [-0.15, -0.1) is 0 Å². The fraction of sp³-hybridized carbons (Fsp3) is 1.00. The molecule has 4 unspecified atom stereocenters. The Kier molecular flexibility index (Phi) is 7.18. The van der Waals surface area contributed by atoms with Crippen LogP contribution in [0.15, 0.2) is 0 Å². The number of nitrogens with one attached hydrogen (secondary N) is 1. The summed E-state index contributed by atoms with van der Waals surface area (Å²) < 4.78 is 0. The monoisotopic (exact) mass is 239 g/mol. The molecule has 1 heteroatoms. The largest absolute Gasteiger partial charge is 0.314 e. The van der Waals surface area contributed by atoms with Crippen molar-refractivity contribution in [2.75, 3.05) is 6.54 Å². The van der Waals surface area contributed by atoms with Crippen LogP contribution in [0.3, 0.4) is 0 Å². The van der Waals surface area contributed by atoms with Gasteiger partial charge in [0.1, 0.15) is 0 Å². The number of hydrogen-bond donors (Lipinski definition) is 1. The Labute approximate surface area is 109 Å². The summed E-state index contributed by atoms with van der Waals surface area (Å²) >= 11 is 0. The summed E-state index contributed by atoms with van der Waals surface area (Å²) in [6.07, 6.45) is 9.78. The molecule has 0 heterocycles. The van der Waals surface area contributed by atoms with E-state index in [2.05, 4.69) is 33.0 Å². The molecule has 1 fully saturated rings. The summed E-state index contributed by atoms with van der Waals surface area (Å²) in [6, 6.07) is 0.749. The van der Waals surface area contributed by atoms with Crippen molar-refractivity contribution in [1.82, 2.24) is 5.32 Å². The van der Waals surface area contributed by atoms with Crippen LogP contribution in [0.4, 0.5) is 0 Å². The van der Waals surface area contributed by atoms with E-state index in [0.717, 1.165) is 23.8 Å². The summed E-state index contributed by atoms with van der Waals surface area (Å²) in [5.41, 5.74) is 0. The van der Waals surface area contributed by atoms with Crippen LogP contribution in [0.5, 0.6) is 0 Å². The van der Waals surface area contributed by atoms with Gasteiger partial charge in [-0.05, 0) is 43.6 Å². The van der Waals surface area contributed by atoms with Crippen LogP contribution in [0.1, 0.15) is 72.6 Å². The zero-order valence-electron chi connectivity index (χ0n) is 12.5. The lowest BCUT2D eigenvalue weighted by Gasteiger charge is -2.31. The van der Waals surface area contributed by atoms with Crippen molar-refractivity contribution in [2.45, 2.75) is 78.7 Å². The molecule has 0 amide bonds. The van der Waals surface area contributed by atoms with E-state index in [1.807, 2.05) is 0 Å². The first-order chi connectivity index (χ1) is 8.17. The molecule has 1 aliphatic carbocycles. The molecule has 0 radical (unpaired) electrons. The van der Waals surface area contributed by atoms with Crippen LogP contribution >= 0.6 is 0 Å². The van der Waals surface area contributed by atoms with Gasteiger partial charge in [-0.25, -0.2) is 0 Å². The van der Waals surface area contributed by atoms with Crippen LogP contribution in [-0.4, -0.2) is 12.6 Å². The van der Waals surface area contributed by atoms with Gasteiger partial charge in [0, 0.05) is 6.04 Å². The Balaban J connectivity index is 2.26. The van der Waals surface area contributed by atoms with Gasteiger partial charge in [0.15, 0.2) is 0 Å². The molecular weight excluding hydrogens is 206 g/mol. The van der Waals surface area contributed by atoms with Crippen molar-refractivity contribution in [3.05, 3.63) is 0 Å². The van der Waals surface area contributed by atoms with E-state index >= 15 is 0 Å². The van der Waals surface area contributed by atoms with Gasteiger partial charge in [0.2, 0.25) is 0 Å². The fourth-order valence-electron chi connectivity index (χ4n) is 3.06. The predicted molar refractivity (Wildman–Crippen MR) is 77.3 cm³/mol. The quantitative estimate of drug-likeness (QED) is 0.683. The lowest BCUT2D eigenvalue weighted by atomic mass is 9.80. The maximum atomic E-state index is 3.83. The second-order valence-electron chi connectivity index (χ2n) is 6.28. The lowest BCUT2D eigenvalue weighted by molar-refractivity contribution is 0.234.